The summed E-state index contributed by atoms with van der Waals surface area (Å²) in [5.41, 5.74) is 7.05. The fourth-order valence-electron chi connectivity index (χ4n) is 3.32. The number of hydrogen-bond donors (Lipinski definition) is 1. The van der Waals surface area contributed by atoms with E-state index in [-0.39, 0.29) is 5.69 Å². The fraction of sp³-hybridized carbons (Fsp3) is 0.182. The van der Waals surface area contributed by atoms with Crippen molar-refractivity contribution in [1.29, 1.82) is 0 Å². The third-order valence-electron chi connectivity index (χ3n) is 4.89. The van der Waals surface area contributed by atoms with E-state index in [1.165, 1.54) is 13.2 Å². The van der Waals surface area contributed by atoms with E-state index < -0.39 is 10.8 Å². The lowest BCUT2D eigenvalue weighted by Gasteiger charge is -2.12. The average Bonchev–Trinajstić information content (AvgIpc) is 3.01. The van der Waals surface area contributed by atoms with E-state index >= 15 is 0 Å². The van der Waals surface area contributed by atoms with Crippen LogP contribution >= 0.6 is 15.9 Å². The van der Waals surface area contributed by atoms with Crippen molar-refractivity contribution >= 4 is 33.7 Å². The number of nitrogens with one attached hydrogen (secondary N) is 1. The number of halogens is 1. The number of ether oxygens (including phenoxy) is 1. The van der Waals surface area contributed by atoms with Gasteiger partial charge in [-0.15, -0.1) is 0 Å². The minimum Gasteiger partial charge on any atom is -0.496 e. The highest BCUT2D eigenvalue weighted by atomic mass is 79.9. The molecule has 2 aromatic carbocycles. The van der Waals surface area contributed by atoms with Crippen LogP contribution in [0.2, 0.25) is 0 Å². The molecular formula is C22H21BrN4O4. The van der Waals surface area contributed by atoms with E-state index in [9.17, 15) is 14.9 Å². The summed E-state index contributed by atoms with van der Waals surface area (Å²) in [5.74, 6) is 0.0351. The van der Waals surface area contributed by atoms with Gasteiger partial charge in [-0.2, -0.15) is 5.10 Å². The monoisotopic (exact) mass is 484 g/mol. The Labute approximate surface area is 187 Å². The van der Waals surface area contributed by atoms with E-state index in [0.29, 0.717) is 11.3 Å². The van der Waals surface area contributed by atoms with Crippen LogP contribution in [0.5, 0.6) is 5.75 Å². The second kappa shape index (κ2) is 9.13. The van der Waals surface area contributed by atoms with Gasteiger partial charge in [0.15, 0.2) is 0 Å². The van der Waals surface area contributed by atoms with Crippen LogP contribution in [0.25, 0.3) is 5.69 Å². The van der Waals surface area contributed by atoms with Crippen LogP contribution in [-0.4, -0.2) is 28.7 Å². The smallest absolute Gasteiger partial charge is 0.275 e. The molecule has 0 bridgehead atoms. The molecule has 0 saturated carbocycles. The molecule has 0 radical (unpaired) electrons. The lowest BCUT2D eigenvalue weighted by molar-refractivity contribution is -0.384. The van der Waals surface area contributed by atoms with Gasteiger partial charge in [-0.25, -0.2) is 5.43 Å². The van der Waals surface area contributed by atoms with Gasteiger partial charge in [-0.3, -0.25) is 14.9 Å². The molecule has 3 aromatic rings. The Bertz CT molecular complexity index is 1200. The van der Waals surface area contributed by atoms with E-state index in [2.05, 4.69) is 26.5 Å². The second-order valence-electron chi connectivity index (χ2n) is 6.93. The van der Waals surface area contributed by atoms with E-state index in [4.69, 9.17) is 4.74 Å². The van der Waals surface area contributed by atoms with Crippen molar-refractivity contribution in [2.75, 3.05) is 7.11 Å². The first-order valence-corrected chi connectivity index (χ1v) is 10.1. The molecule has 0 aliphatic rings. The third kappa shape index (κ3) is 4.66. The van der Waals surface area contributed by atoms with Crippen molar-refractivity contribution in [3.8, 4) is 11.4 Å². The number of carbonyl (C=O) groups excluding carboxylic acids is 1. The van der Waals surface area contributed by atoms with Crippen LogP contribution in [0.15, 0.2) is 52.0 Å². The minimum absolute atomic E-state index is 0.0264. The molecule has 0 aliphatic carbocycles. The van der Waals surface area contributed by atoms with Gasteiger partial charge in [0, 0.05) is 33.6 Å². The van der Waals surface area contributed by atoms with Crippen LogP contribution in [0.4, 0.5) is 5.69 Å². The maximum Gasteiger partial charge on any atom is 0.275 e. The van der Waals surface area contributed by atoms with Gasteiger partial charge in [0.2, 0.25) is 0 Å². The number of rotatable bonds is 6. The number of nitrogens with zero attached hydrogens (tertiary/aromatic N) is 3. The van der Waals surface area contributed by atoms with Gasteiger partial charge in [-0.05, 0) is 50.6 Å². The molecule has 0 atom stereocenters. The van der Waals surface area contributed by atoms with Crippen LogP contribution < -0.4 is 10.2 Å². The first kappa shape index (κ1) is 22.2. The number of aromatic nitrogens is 1. The summed E-state index contributed by atoms with van der Waals surface area (Å²) in [6.45, 7) is 5.71. The molecule has 0 saturated heterocycles. The zero-order chi connectivity index (χ0) is 22.7. The summed E-state index contributed by atoms with van der Waals surface area (Å²) < 4.78 is 7.91. The van der Waals surface area contributed by atoms with Crippen molar-refractivity contribution in [3.05, 3.63) is 85.1 Å². The van der Waals surface area contributed by atoms with Crippen molar-refractivity contribution < 1.29 is 14.5 Å². The molecule has 0 unspecified atom stereocenters. The van der Waals surface area contributed by atoms with Gasteiger partial charge >= 0.3 is 0 Å². The number of hydrazone groups is 1. The predicted octanol–water partition coefficient (Wildman–Crippen LogP) is 4.85. The van der Waals surface area contributed by atoms with E-state index in [1.54, 1.807) is 36.5 Å². The molecule has 1 N–H and O–H groups in total. The fourth-order valence-corrected chi connectivity index (χ4v) is 3.68. The Hall–Kier alpha value is -3.46. The molecule has 31 heavy (non-hydrogen) atoms. The number of non-ortho nitro benzene ring substituents is 1. The van der Waals surface area contributed by atoms with Crippen molar-refractivity contribution in [3.63, 3.8) is 0 Å². The molecular weight excluding hydrogens is 464 g/mol. The molecule has 0 aliphatic heterocycles. The van der Waals surface area contributed by atoms with Crippen molar-refractivity contribution in [1.82, 2.24) is 9.99 Å². The Kier molecular flexibility index (Phi) is 6.55. The predicted molar refractivity (Wildman–Crippen MR) is 122 cm³/mol. The van der Waals surface area contributed by atoms with Crippen LogP contribution in [0, 0.1) is 30.9 Å². The summed E-state index contributed by atoms with van der Waals surface area (Å²) >= 11 is 3.34. The summed E-state index contributed by atoms with van der Waals surface area (Å²) in [4.78, 5) is 23.3. The quantitative estimate of drug-likeness (QED) is 0.307. The molecule has 1 aromatic heterocycles. The molecule has 3 rings (SSSR count). The molecule has 0 fully saturated rings. The van der Waals surface area contributed by atoms with Crippen molar-refractivity contribution in [2.24, 2.45) is 5.10 Å². The van der Waals surface area contributed by atoms with Gasteiger partial charge < -0.3 is 9.30 Å². The summed E-state index contributed by atoms with van der Waals surface area (Å²) in [6, 6.07) is 11.8. The van der Waals surface area contributed by atoms with Crippen LogP contribution in [0.3, 0.4) is 0 Å². The maximum absolute atomic E-state index is 12.5. The lowest BCUT2D eigenvalue weighted by atomic mass is 10.1. The number of benzene rings is 2. The zero-order valence-corrected chi connectivity index (χ0v) is 19.1. The normalized spacial score (nSPS) is 11.0. The van der Waals surface area contributed by atoms with E-state index in [1.807, 2.05) is 31.4 Å². The standard InChI is InChI=1S/C22H21BrN4O4/c1-13-5-7-18(27(29)30)11-20(13)26-14(2)9-16(15(26)3)12-24-25-22(28)19-10-17(23)6-8-21(19)31-4/h5-12H,1-4H3,(H,25,28)/b24-12-. The number of methoxy groups -OCH3 is 1. The first-order chi connectivity index (χ1) is 14.7. The molecule has 0 spiro atoms. The maximum atomic E-state index is 12.5. The molecule has 1 heterocycles. The lowest BCUT2D eigenvalue weighted by Crippen LogP contribution is -2.18. The molecule has 160 valence electrons. The third-order valence-corrected chi connectivity index (χ3v) is 5.38. The number of nitro groups is 1. The summed E-state index contributed by atoms with van der Waals surface area (Å²) in [7, 11) is 1.49. The highest BCUT2D eigenvalue weighted by molar-refractivity contribution is 9.10. The Morgan fingerprint density at radius 3 is 2.61 bits per heavy atom. The topological polar surface area (TPSA) is 98.8 Å². The minimum atomic E-state index is -0.411. The second-order valence-corrected chi connectivity index (χ2v) is 7.85. The largest absolute Gasteiger partial charge is 0.496 e. The summed E-state index contributed by atoms with van der Waals surface area (Å²) in [6.07, 6.45) is 1.55. The van der Waals surface area contributed by atoms with Gasteiger partial charge in [0.1, 0.15) is 5.75 Å². The number of aryl methyl sites for hydroxylation is 2. The van der Waals surface area contributed by atoms with Gasteiger partial charge in [-0.1, -0.05) is 22.0 Å². The molecule has 1 amide bonds. The number of hydrogen-bond acceptors (Lipinski definition) is 5. The van der Waals surface area contributed by atoms with Gasteiger partial charge in [0.05, 0.1) is 29.5 Å². The number of nitro benzene ring substituents is 1. The number of amides is 1. The van der Waals surface area contributed by atoms with Crippen LogP contribution in [0.1, 0.15) is 32.9 Å². The van der Waals surface area contributed by atoms with Crippen molar-refractivity contribution in [2.45, 2.75) is 20.8 Å². The van der Waals surface area contributed by atoms with Crippen LogP contribution in [-0.2, 0) is 0 Å². The Balaban J connectivity index is 1.88. The number of carbonyl (C=O) groups is 1. The Morgan fingerprint density at radius 1 is 1.19 bits per heavy atom. The first-order valence-electron chi connectivity index (χ1n) is 9.34. The molecule has 8 nitrogen and oxygen atoms in total. The highest BCUT2D eigenvalue weighted by Gasteiger charge is 2.16. The Morgan fingerprint density at radius 2 is 1.94 bits per heavy atom. The highest BCUT2D eigenvalue weighted by Crippen LogP contribution is 2.26. The summed E-state index contributed by atoms with van der Waals surface area (Å²) in [5, 5.41) is 15.3. The van der Waals surface area contributed by atoms with Gasteiger partial charge in [0.25, 0.3) is 11.6 Å². The molecule has 9 heteroatoms. The average molecular weight is 485 g/mol. The van der Waals surface area contributed by atoms with E-state index in [0.717, 1.165) is 32.7 Å². The SMILES string of the molecule is COc1ccc(Br)cc1C(=O)N/N=C\c1cc(C)n(-c2cc([N+](=O)[O-])ccc2C)c1C. The zero-order valence-electron chi connectivity index (χ0n) is 17.5.